The van der Waals surface area contributed by atoms with E-state index in [0.29, 0.717) is 16.8 Å². The van der Waals surface area contributed by atoms with Crippen LogP contribution >= 0.6 is 24.4 Å². The SMILES string of the molecule is CCOc1ccc(NC(=S)NNC(=S)NC(C)C)cc1. The van der Waals surface area contributed by atoms with Crippen molar-refractivity contribution in [2.45, 2.75) is 26.8 Å². The van der Waals surface area contributed by atoms with Gasteiger partial charge < -0.3 is 15.4 Å². The van der Waals surface area contributed by atoms with E-state index in [1.54, 1.807) is 0 Å². The van der Waals surface area contributed by atoms with Crippen LogP contribution in [0.25, 0.3) is 0 Å². The average molecular weight is 312 g/mol. The molecule has 4 N–H and O–H groups in total. The predicted molar refractivity (Wildman–Crippen MR) is 91.0 cm³/mol. The largest absolute Gasteiger partial charge is 0.494 e. The number of thiocarbonyl (C=S) groups is 2. The molecule has 0 aromatic heterocycles. The topological polar surface area (TPSA) is 57.4 Å². The molecule has 0 fully saturated rings. The third kappa shape index (κ3) is 6.53. The molecule has 0 aliphatic heterocycles. The Kier molecular flexibility index (Phi) is 7.03. The molecule has 1 aromatic carbocycles. The van der Waals surface area contributed by atoms with Crippen molar-refractivity contribution < 1.29 is 4.74 Å². The van der Waals surface area contributed by atoms with Gasteiger partial charge in [0, 0.05) is 11.7 Å². The molecule has 0 atom stereocenters. The first-order valence-electron chi connectivity index (χ1n) is 6.37. The van der Waals surface area contributed by atoms with Crippen LogP contribution in [0.4, 0.5) is 5.69 Å². The van der Waals surface area contributed by atoms with Crippen LogP contribution in [-0.2, 0) is 0 Å². The second-order valence-corrected chi connectivity index (χ2v) is 5.11. The van der Waals surface area contributed by atoms with E-state index in [1.807, 2.05) is 45.0 Å². The Morgan fingerprint density at radius 2 is 1.70 bits per heavy atom. The predicted octanol–water partition coefficient (Wildman–Crippen LogP) is 2.16. The van der Waals surface area contributed by atoms with Gasteiger partial charge in [-0.3, -0.25) is 10.9 Å². The summed E-state index contributed by atoms with van der Waals surface area (Å²) in [6.07, 6.45) is 0. The van der Waals surface area contributed by atoms with Gasteiger partial charge in [0.25, 0.3) is 0 Å². The average Bonchev–Trinajstić information content (AvgIpc) is 2.38. The molecule has 110 valence electrons. The number of rotatable bonds is 4. The smallest absolute Gasteiger partial charge is 0.189 e. The van der Waals surface area contributed by atoms with E-state index in [9.17, 15) is 0 Å². The van der Waals surface area contributed by atoms with Gasteiger partial charge in [0.2, 0.25) is 0 Å². The van der Waals surface area contributed by atoms with Gasteiger partial charge in [-0.15, -0.1) is 0 Å². The van der Waals surface area contributed by atoms with E-state index in [0.717, 1.165) is 11.4 Å². The summed E-state index contributed by atoms with van der Waals surface area (Å²) in [6.45, 7) is 6.61. The summed E-state index contributed by atoms with van der Waals surface area (Å²) in [5, 5.41) is 7.00. The van der Waals surface area contributed by atoms with Crippen molar-refractivity contribution in [2.75, 3.05) is 11.9 Å². The highest BCUT2D eigenvalue weighted by Gasteiger charge is 2.00. The Hall–Kier alpha value is -1.60. The van der Waals surface area contributed by atoms with Crippen molar-refractivity contribution in [1.29, 1.82) is 0 Å². The molecule has 7 heteroatoms. The summed E-state index contributed by atoms with van der Waals surface area (Å²) >= 11 is 10.2. The highest BCUT2D eigenvalue weighted by Crippen LogP contribution is 2.15. The lowest BCUT2D eigenvalue weighted by Gasteiger charge is -2.16. The van der Waals surface area contributed by atoms with Gasteiger partial charge in [-0.1, -0.05) is 0 Å². The maximum atomic E-state index is 5.37. The van der Waals surface area contributed by atoms with Crippen molar-refractivity contribution in [1.82, 2.24) is 16.2 Å². The van der Waals surface area contributed by atoms with Crippen molar-refractivity contribution >= 4 is 40.3 Å². The molecular formula is C13H20N4OS2. The lowest BCUT2D eigenvalue weighted by atomic mass is 10.3. The fraction of sp³-hybridized carbons (Fsp3) is 0.385. The van der Waals surface area contributed by atoms with Gasteiger partial charge in [-0.25, -0.2) is 0 Å². The molecule has 0 saturated carbocycles. The van der Waals surface area contributed by atoms with E-state index in [1.165, 1.54) is 0 Å². The Morgan fingerprint density at radius 1 is 1.10 bits per heavy atom. The maximum absolute atomic E-state index is 5.37. The normalized spacial score (nSPS) is 9.80. The molecule has 0 heterocycles. The molecule has 0 unspecified atom stereocenters. The van der Waals surface area contributed by atoms with E-state index < -0.39 is 0 Å². The summed E-state index contributed by atoms with van der Waals surface area (Å²) in [4.78, 5) is 0. The minimum absolute atomic E-state index is 0.268. The number of anilines is 1. The summed E-state index contributed by atoms with van der Waals surface area (Å²) in [7, 11) is 0. The second kappa shape index (κ2) is 8.55. The molecule has 0 aliphatic rings. The molecule has 0 saturated heterocycles. The number of nitrogens with one attached hydrogen (secondary N) is 4. The van der Waals surface area contributed by atoms with E-state index in [2.05, 4.69) is 21.5 Å². The zero-order chi connectivity index (χ0) is 15.0. The van der Waals surface area contributed by atoms with Crippen LogP contribution < -0.4 is 26.2 Å². The first-order valence-corrected chi connectivity index (χ1v) is 7.19. The molecule has 0 amide bonds. The number of hydrazine groups is 1. The van der Waals surface area contributed by atoms with Crippen LogP contribution in [0.2, 0.25) is 0 Å². The molecule has 0 aliphatic carbocycles. The van der Waals surface area contributed by atoms with Crippen molar-refractivity contribution in [2.24, 2.45) is 0 Å². The molecule has 1 rings (SSSR count). The first kappa shape index (κ1) is 16.5. The third-order valence-electron chi connectivity index (χ3n) is 2.13. The number of hydrogen-bond donors (Lipinski definition) is 4. The number of hydrogen-bond acceptors (Lipinski definition) is 3. The summed E-state index contributed by atoms with van der Waals surface area (Å²) in [5.41, 5.74) is 6.49. The molecule has 0 spiro atoms. The quantitative estimate of drug-likeness (QED) is 0.502. The minimum Gasteiger partial charge on any atom is -0.494 e. The highest BCUT2D eigenvalue weighted by molar-refractivity contribution is 7.80. The molecule has 5 nitrogen and oxygen atoms in total. The molecule has 1 aromatic rings. The van der Waals surface area contributed by atoms with Crippen LogP contribution in [0.3, 0.4) is 0 Å². The first-order chi connectivity index (χ1) is 9.51. The highest BCUT2D eigenvalue weighted by atomic mass is 32.1. The second-order valence-electron chi connectivity index (χ2n) is 4.29. The Labute approximate surface area is 130 Å². The molecule has 20 heavy (non-hydrogen) atoms. The lowest BCUT2D eigenvalue weighted by molar-refractivity contribution is 0.340. The summed E-state index contributed by atoms with van der Waals surface area (Å²) < 4.78 is 5.37. The summed E-state index contributed by atoms with van der Waals surface area (Å²) in [6, 6.07) is 7.82. The van der Waals surface area contributed by atoms with Gasteiger partial charge in [0.1, 0.15) is 5.75 Å². The fourth-order valence-corrected chi connectivity index (χ4v) is 1.83. The van der Waals surface area contributed by atoms with Crippen molar-refractivity contribution in [3.8, 4) is 5.75 Å². The minimum atomic E-state index is 0.268. The molecule has 0 bridgehead atoms. The van der Waals surface area contributed by atoms with Crippen LogP contribution in [0.15, 0.2) is 24.3 Å². The van der Waals surface area contributed by atoms with Gasteiger partial charge in [-0.05, 0) is 69.5 Å². The fourth-order valence-electron chi connectivity index (χ4n) is 1.38. The van der Waals surface area contributed by atoms with Gasteiger partial charge in [0.15, 0.2) is 10.2 Å². The standard InChI is InChI=1S/C13H20N4OS2/c1-4-18-11-7-5-10(6-8-11)15-13(20)17-16-12(19)14-9(2)3/h5-9H,4H2,1-3H3,(H2,14,16,19)(H2,15,17,20). The molecular weight excluding hydrogens is 292 g/mol. The Balaban J connectivity index is 2.36. The number of benzene rings is 1. The zero-order valence-corrected chi connectivity index (χ0v) is 13.5. The van der Waals surface area contributed by atoms with E-state index >= 15 is 0 Å². The van der Waals surface area contributed by atoms with Crippen molar-refractivity contribution in [3.63, 3.8) is 0 Å². The number of ether oxygens (including phenoxy) is 1. The van der Waals surface area contributed by atoms with Crippen molar-refractivity contribution in [3.05, 3.63) is 24.3 Å². The summed E-state index contributed by atoms with van der Waals surface area (Å²) in [5.74, 6) is 0.831. The van der Waals surface area contributed by atoms with Gasteiger partial charge in [0.05, 0.1) is 6.61 Å². The van der Waals surface area contributed by atoms with Crippen LogP contribution in [0, 0.1) is 0 Å². The third-order valence-corrected chi connectivity index (χ3v) is 2.56. The van der Waals surface area contributed by atoms with Gasteiger partial charge in [-0.2, -0.15) is 0 Å². The van der Waals surface area contributed by atoms with Crippen LogP contribution in [0.1, 0.15) is 20.8 Å². The molecule has 0 radical (unpaired) electrons. The van der Waals surface area contributed by atoms with E-state index in [-0.39, 0.29) is 6.04 Å². The van der Waals surface area contributed by atoms with E-state index in [4.69, 9.17) is 29.2 Å². The Bertz CT molecular complexity index is 448. The van der Waals surface area contributed by atoms with Crippen LogP contribution in [0.5, 0.6) is 5.75 Å². The van der Waals surface area contributed by atoms with Crippen LogP contribution in [-0.4, -0.2) is 22.9 Å². The van der Waals surface area contributed by atoms with Gasteiger partial charge >= 0.3 is 0 Å². The zero-order valence-electron chi connectivity index (χ0n) is 11.8. The Morgan fingerprint density at radius 3 is 2.25 bits per heavy atom. The monoisotopic (exact) mass is 312 g/mol. The lowest BCUT2D eigenvalue weighted by Crippen LogP contribution is -2.49. The maximum Gasteiger partial charge on any atom is 0.189 e.